The van der Waals surface area contributed by atoms with Crippen molar-refractivity contribution in [1.29, 1.82) is 0 Å². The number of hydrogen-bond donors (Lipinski definition) is 1. The zero-order valence-corrected chi connectivity index (χ0v) is 11.5. The van der Waals surface area contributed by atoms with Crippen LogP contribution in [0.3, 0.4) is 0 Å². The maximum absolute atomic E-state index is 13.0. The van der Waals surface area contributed by atoms with E-state index in [0.717, 1.165) is 24.9 Å². The zero-order chi connectivity index (χ0) is 12.8. The molecule has 0 heterocycles. The molecule has 96 valence electrons. The van der Waals surface area contributed by atoms with Gasteiger partial charge in [0.15, 0.2) is 0 Å². The molecule has 0 saturated heterocycles. The number of nitrogens with one attached hydrogen (secondary N) is 1. The van der Waals surface area contributed by atoms with Crippen molar-refractivity contribution < 1.29 is 4.39 Å². The van der Waals surface area contributed by atoms with E-state index < -0.39 is 0 Å². The average Bonchev–Trinajstić information content (AvgIpc) is 2.28. The summed E-state index contributed by atoms with van der Waals surface area (Å²) in [5.41, 5.74) is 0.996. The molecule has 0 aliphatic heterocycles. The van der Waals surface area contributed by atoms with Gasteiger partial charge in [-0.1, -0.05) is 44.9 Å². The largest absolute Gasteiger partial charge is 0.310 e. The third-order valence-corrected chi connectivity index (χ3v) is 3.45. The Bertz CT molecular complexity index is 354. The van der Waals surface area contributed by atoms with E-state index in [2.05, 4.69) is 26.1 Å². The topological polar surface area (TPSA) is 12.0 Å². The quantitative estimate of drug-likeness (QED) is 0.787. The molecule has 17 heavy (non-hydrogen) atoms. The molecule has 0 aromatic heterocycles. The van der Waals surface area contributed by atoms with Gasteiger partial charge in [0.25, 0.3) is 0 Å². The Kier molecular flexibility index (Phi) is 5.93. The van der Waals surface area contributed by atoms with Gasteiger partial charge in [-0.25, -0.2) is 4.39 Å². The predicted octanol–water partition coefficient (Wildman–Crippen LogP) is 4.57. The molecule has 0 radical (unpaired) electrons. The van der Waals surface area contributed by atoms with Gasteiger partial charge in [0.1, 0.15) is 5.82 Å². The van der Waals surface area contributed by atoms with Crippen molar-refractivity contribution in [3.8, 4) is 0 Å². The molecular weight excluding hydrogens is 237 g/mol. The summed E-state index contributed by atoms with van der Waals surface area (Å²) in [5.74, 6) is 0.345. The minimum atomic E-state index is -0.280. The van der Waals surface area contributed by atoms with Crippen molar-refractivity contribution in [2.45, 2.75) is 39.7 Å². The molecule has 1 aromatic carbocycles. The van der Waals surface area contributed by atoms with Crippen molar-refractivity contribution in [3.63, 3.8) is 0 Å². The molecule has 1 N–H and O–H groups in total. The van der Waals surface area contributed by atoms with Crippen molar-refractivity contribution in [2.24, 2.45) is 5.92 Å². The maximum atomic E-state index is 13.0. The molecule has 0 amide bonds. The Morgan fingerprint density at radius 3 is 2.59 bits per heavy atom. The van der Waals surface area contributed by atoms with E-state index in [-0.39, 0.29) is 11.9 Å². The van der Waals surface area contributed by atoms with E-state index in [1.807, 2.05) is 0 Å². The molecular formula is C14H21ClFN. The van der Waals surface area contributed by atoms with Gasteiger partial charge in [-0.05, 0) is 36.6 Å². The maximum Gasteiger partial charge on any atom is 0.124 e. The minimum Gasteiger partial charge on any atom is -0.310 e. The van der Waals surface area contributed by atoms with Crippen LogP contribution < -0.4 is 5.32 Å². The lowest BCUT2D eigenvalue weighted by Crippen LogP contribution is -2.23. The number of rotatable bonds is 6. The first-order chi connectivity index (χ1) is 8.08. The fourth-order valence-electron chi connectivity index (χ4n) is 1.92. The fourth-order valence-corrected chi connectivity index (χ4v) is 2.22. The molecule has 0 saturated carbocycles. The summed E-state index contributed by atoms with van der Waals surface area (Å²) >= 11 is 6.11. The first kappa shape index (κ1) is 14.5. The van der Waals surface area contributed by atoms with E-state index >= 15 is 0 Å². The van der Waals surface area contributed by atoms with Gasteiger partial charge in [-0.15, -0.1) is 0 Å². The van der Waals surface area contributed by atoms with E-state index in [0.29, 0.717) is 10.9 Å². The first-order valence-electron chi connectivity index (χ1n) is 6.26. The van der Waals surface area contributed by atoms with Crippen LogP contribution in [0.1, 0.15) is 45.2 Å². The van der Waals surface area contributed by atoms with Crippen LogP contribution in [0.2, 0.25) is 5.02 Å². The molecule has 1 rings (SSSR count). The molecule has 2 unspecified atom stereocenters. The van der Waals surface area contributed by atoms with E-state index in [4.69, 9.17) is 11.6 Å². The first-order valence-corrected chi connectivity index (χ1v) is 6.64. The number of benzene rings is 1. The second-order valence-electron chi connectivity index (χ2n) is 4.53. The highest BCUT2D eigenvalue weighted by Gasteiger charge is 2.16. The van der Waals surface area contributed by atoms with Crippen LogP contribution in [0.15, 0.2) is 18.2 Å². The predicted molar refractivity (Wildman–Crippen MR) is 71.9 cm³/mol. The Hall–Kier alpha value is -0.600. The van der Waals surface area contributed by atoms with Crippen molar-refractivity contribution in [1.82, 2.24) is 5.32 Å². The van der Waals surface area contributed by atoms with Gasteiger partial charge < -0.3 is 5.32 Å². The van der Waals surface area contributed by atoms with Gasteiger partial charge >= 0.3 is 0 Å². The summed E-state index contributed by atoms with van der Waals surface area (Å²) < 4.78 is 13.0. The summed E-state index contributed by atoms with van der Waals surface area (Å²) in [6, 6.07) is 4.86. The van der Waals surface area contributed by atoms with Crippen LogP contribution in [-0.4, -0.2) is 6.54 Å². The highest BCUT2D eigenvalue weighted by molar-refractivity contribution is 6.31. The molecule has 3 heteroatoms. The van der Waals surface area contributed by atoms with Gasteiger partial charge in [0.05, 0.1) is 0 Å². The second-order valence-corrected chi connectivity index (χ2v) is 4.93. The van der Waals surface area contributed by atoms with E-state index in [1.54, 1.807) is 6.07 Å². The lowest BCUT2D eigenvalue weighted by Gasteiger charge is -2.22. The third-order valence-electron chi connectivity index (χ3n) is 3.12. The molecule has 0 aliphatic rings. The van der Waals surface area contributed by atoms with Crippen LogP contribution in [0.25, 0.3) is 0 Å². The highest BCUT2D eigenvalue weighted by atomic mass is 35.5. The Morgan fingerprint density at radius 1 is 1.35 bits per heavy atom. The molecule has 1 nitrogen and oxygen atoms in total. The van der Waals surface area contributed by atoms with Crippen LogP contribution >= 0.6 is 11.6 Å². The summed E-state index contributed by atoms with van der Waals surface area (Å²) in [5, 5.41) is 3.93. The van der Waals surface area contributed by atoms with Gasteiger partial charge in [-0.3, -0.25) is 0 Å². The van der Waals surface area contributed by atoms with Crippen LogP contribution in [0.5, 0.6) is 0 Å². The van der Waals surface area contributed by atoms with Crippen molar-refractivity contribution >= 4 is 11.6 Å². The summed E-state index contributed by atoms with van der Waals surface area (Å²) in [6.45, 7) is 7.36. The zero-order valence-electron chi connectivity index (χ0n) is 10.8. The molecule has 0 spiro atoms. The number of halogens is 2. The standard InChI is InChI=1S/C14H21ClFN/c1-4-10(3)8-14(17-5-2)12-7-6-11(16)9-13(12)15/h6-7,9-10,14,17H,4-5,8H2,1-3H3. The van der Waals surface area contributed by atoms with Crippen LogP contribution in [-0.2, 0) is 0 Å². The highest BCUT2D eigenvalue weighted by Crippen LogP contribution is 2.29. The van der Waals surface area contributed by atoms with Gasteiger partial charge in [-0.2, -0.15) is 0 Å². The van der Waals surface area contributed by atoms with E-state index in [9.17, 15) is 4.39 Å². The molecule has 0 fully saturated rings. The van der Waals surface area contributed by atoms with Crippen molar-refractivity contribution in [3.05, 3.63) is 34.6 Å². The van der Waals surface area contributed by atoms with Gasteiger partial charge in [0.2, 0.25) is 0 Å². The molecule has 0 bridgehead atoms. The lowest BCUT2D eigenvalue weighted by atomic mass is 9.94. The summed E-state index contributed by atoms with van der Waals surface area (Å²) in [4.78, 5) is 0. The minimum absolute atomic E-state index is 0.211. The number of hydrogen-bond acceptors (Lipinski definition) is 1. The molecule has 1 aromatic rings. The average molecular weight is 258 g/mol. The Morgan fingerprint density at radius 2 is 2.06 bits per heavy atom. The van der Waals surface area contributed by atoms with Crippen LogP contribution in [0.4, 0.5) is 4.39 Å². The smallest absolute Gasteiger partial charge is 0.124 e. The summed E-state index contributed by atoms with van der Waals surface area (Å²) in [7, 11) is 0. The second kappa shape index (κ2) is 6.97. The monoisotopic (exact) mass is 257 g/mol. The Labute approximate surface area is 108 Å². The van der Waals surface area contributed by atoms with E-state index in [1.165, 1.54) is 12.1 Å². The Balaban J connectivity index is 2.88. The molecule has 2 atom stereocenters. The lowest BCUT2D eigenvalue weighted by molar-refractivity contribution is 0.408. The van der Waals surface area contributed by atoms with Crippen LogP contribution in [0, 0.1) is 11.7 Å². The summed E-state index contributed by atoms with van der Waals surface area (Å²) in [6.07, 6.45) is 2.16. The molecule has 0 aliphatic carbocycles. The SMILES string of the molecule is CCNC(CC(C)CC)c1ccc(F)cc1Cl. The normalized spacial score (nSPS) is 14.6. The third kappa shape index (κ3) is 4.29. The van der Waals surface area contributed by atoms with Gasteiger partial charge in [0, 0.05) is 11.1 Å². The van der Waals surface area contributed by atoms with Crippen molar-refractivity contribution in [2.75, 3.05) is 6.54 Å². The fraction of sp³-hybridized carbons (Fsp3) is 0.571.